The number of nitrogens with zero attached hydrogens (tertiary/aromatic N) is 2. The molecule has 2 aliphatic carbocycles. The highest BCUT2D eigenvalue weighted by atomic mass is 14.9. The highest BCUT2D eigenvalue weighted by molar-refractivity contribution is 5.96. The van der Waals surface area contributed by atoms with Crippen LogP contribution in [0.2, 0.25) is 0 Å². The third kappa shape index (κ3) is 5.58. The molecule has 0 amide bonds. The van der Waals surface area contributed by atoms with Crippen LogP contribution in [0.3, 0.4) is 0 Å². The maximum atomic E-state index is 5.16. The zero-order chi connectivity index (χ0) is 35.9. The summed E-state index contributed by atoms with van der Waals surface area (Å²) in [5, 5.41) is 0. The van der Waals surface area contributed by atoms with Crippen LogP contribution in [0.15, 0.2) is 182 Å². The van der Waals surface area contributed by atoms with E-state index in [4.69, 9.17) is 9.97 Å². The number of hydrogen-bond donors (Lipinski definition) is 0. The third-order valence-corrected chi connectivity index (χ3v) is 11.7. The van der Waals surface area contributed by atoms with Crippen molar-refractivity contribution in [3.63, 3.8) is 0 Å². The summed E-state index contributed by atoms with van der Waals surface area (Å²) in [4.78, 5) is 10.3. The van der Waals surface area contributed by atoms with Gasteiger partial charge >= 0.3 is 0 Å². The Morgan fingerprint density at radius 3 is 1.50 bits per heavy atom. The molecule has 1 fully saturated rings. The molecule has 0 saturated heterocycles. The number of aromatic nitrogens is 2. The molecule has 2 nitrogen and oxygen atoms in total. The van der Waals surface area contributed by atoms with Gasteiger partial charge in [-0.2, -0.15) is 0 Å². The van der Waals surface area contributed by atoms with Gasteiger partial charge in [-0.15, -0.1) is 0 Å². The summed E-state index contributed by atoms with van der Waals surface area (Å²) < 4.78 is 0. The topological polar surface area (TPSA) is 25.8 Å². The number of fused-ring (bicyclic) bond motifs is 5. The van der Waals surface area contributed by atoms with Gasteiger partial charge in [0.2, 0.25) is 0 Å². The lowest BCUT2D eigenvalue weighted by Gasteiger charge is -2.36. The fraction of sp³-hybridized carbons (Fsp3) is 0.115. The van der Waals surface area contributed by atoms with E-state index in [-0.39, 0.29) is 5.41 Å². The van der Waals surface area contributed by atoms with Gasteiger partial charge in [-0.1, -0.05) is 183 Å². The average Bonchev–Trinajstić information content (AvgIpc) is 3.52. The van der Waals surface area contributed by atoms with Crippen LogP contribution in [0.1, 0.15) is 43.2 Å². The van der Waals surface area contributed by atoms with Gasteiger partial charge in [0.1, 0.15) is 0 Å². The van der Waals surface area contributed by atoms with E-state index in [1.165, 1.54) is 82.2 Å². The molecule has 7 aromatic carbocycles. The van der Waals surface area contributed by atoms with Crippen LogP contribution in [0.25, 0.3) is 78.4 Å². The van der Waals surface area contributed by atoms with Gasteiger partial charge in [-0.25, -0.2) is 9.97 Å². The second-order valence-electron chi connectivity index (χ2n) is 14.8. The van der Waals surface area contributed by atoms with Crippen molar-refractivity contribution < 1.29 is 0 Å². The lowest BCUT2D eigenvalue weighted by Crippen LogP contribution is -2.27. The first kappa shape index (κ1) is 32.3. The van der Waals surface area contributed by atoms with Gasteiger partial charge in [-0.05, 0) is 86.7 Å². The predicted molar refractivity (Wildman–Crippen MR) is 224 cm³/mol. The molecule has 1 saturated carbocycles. The Bertz CT molecular complexity index is 2560. The van der Waals surface area contributed by atoms with Crippen molar-refractivity contribution in [1.82, 2.24) is 9.97 Å². The normalized spacial score (nSPS) is 14.1. The van der Waals surface area contributed by atoms with Crippen LogP contribution in [-0.2, 0) is 5.41 Å². The van der Waals surface area contributed by atoms with Crippen molar-refractivity contribution in [3.8, 4) is 78.4 Å². The molecule has 0 atom stereocenters. The molecule has 0 N–H and O–H groups in total. The molecule has 10 rings (SSSR count). The summed E-state index contributed by atoms with van der Waals surface area (Å²) in [5.74, 6) is 0.711. The standard InChI is InChI=1S/C52H40N2/c1-5-17-36(18-6-1)48-35-49(37-19-7-2-8-20-37)54-51(53-48)41-24-15-23-39(33-41)42-26-16-27-43(50(42)38-21-9-3-10-22-38)40-29-30-47-45(34-40)44-25-11-12-28-46(44)52(47)31-13-4-14-32-52/h1-3,5-12,15-30,33-35H,4,13-14,31-32H2. The van der Waals surface area contributed by atoms with Gasteiger partial charge in [0.15, 0.2) is 5.82 Å². The van der Waals surface area contributed by atoms with Crippen molar-refractivity contribution in [3.05, 3.63) is 193 Å². The smallest absolute Gasteiger partial charge is 0.160 e. The van der Waals surface area contributed by atoms with Crippen LogP contribution < -0.4 is 0 Å². The second-order valence-corrected chi connectivity index (χ2v) is 14.8. The molecular formula is C52H40N2. The van der Waals surface area contributed by atoms with E-state index >= 15 is 0 Å². The van der Waals surface area contributed by atoms with Gasteiger partial charge < -0.3 is 0 Å². The Morgan fingerprint density at radius 1 is 0.333 bits per heavy atom. The van der Waals surface area contributed by atoms with Crippen LogP contribution >= 0.6 is 0 Å². The van der Waals surface area contributed by atoms with Gasteiger partial charge in [0.25, 0.3) is 0 Å². The monoisotopic (exact) mass is 692 g/mol. The largest absolute Gasteiger partial charge is 0.228 e. The van der Waals surface area contributed by atoms with E-state index in [0.29, 0.717) is 5.82 Å². The average molecular weight is 693 g/mol. The molecule has 258 valence electrons. The molecule has 54 heavy (non-hydrogen) atoms. The van der Waals surface area contributed by atoms with Crippen LogP contribution in [0.5, 0.6) is 0 Å². The van der Waals surface area contributed by atoms with Crippen molar-refractivity contribution >= 4 is 0 Å². The molecule has 2 heteroatoms. The number of benzene rings is 7. The fourth-order valence-corrected chi connectivity index (χ4v) is 9.19. The Morgan fingerprint density at radius 2 is 0.833 bits per heavy atom. The minimum absolute atomic E-state index is 0.146. The highest BCUT2D eigenvalue weighted by Crippen LogP contribution is 2.56. The van der Waals surface area contributed by atoms with E-state index in [1.807, 2.05) is 12.1 Å². The molecule has 0 bridgehead atoms. The lowest BCUT2D eigenvalue weighted by molar-refractivity contribution is 0.353. The minimum Gasteiger partial charge on any atom is -0.228 e. The molecule has 2 aliphatic rings. The first-order chi connectivity index (χ1) is 26.7. The van der Waals surface area contributed by atoms with E-state index < -0.39 is 0 Å². The zero-order valence-corrected chi connectivity index (χ0v) is 30.3. The first-order valence-electron chi connectivity index (χ1n) is 19.3. The molecule has 0 unspecified atom stereocenters. The van der Waals surface area contributed by atoms with Gasteiger partial charge in [-0.3, -0.25) is 0 Å². The van der Waals surface area contributed by atoms with Crippen molar-refractivity contribution in [1.29, 1.82) is 0 Å². The molecule has 0 radical (unpaired) electrons. The SMILES string of the molecule is c1ccc(-c2cc(-c3ccccc3)nc(-c3cccc(-c4cccc(-c5ccc6c(c5)-c5ccccc5C65CCCCC5)c4-c4ccccc4)c3)n2)cc1. The minimum atomic E-state index is 0.146. The fourth-order valence-electron chi connectivity index (χ4n) is 9.19. The zero-order valence-electron chi connectivity index (χ0n) is 30.3. The van der Waals surface area contributed by atoms with E-state index in [0.717, 1.165) is 33.6 Å². The summed E-state index contributed by atoms with van der Waals surface area (Å²) in [6.45, 7) is 0. The summed E-state index contributed by atoms with van der Waals surface area (Å²) in [6.07, 6.45) is 6.41. The summed E-state index contributed by atoms with van der Waals surface area (Å²) in [7, 11) is 0. The van der Waals surface area contributed by atoms with Crippen LogP contribution in [0, 0.1) is 0 Å². The Balaban J connectivity index is 1.13. The highest BCUT2D eigenvalue weighted by Gasteiger charge is 2.43. The van der Waals surface area contributed by atoms with Crippen molar-refractivity contribution in [2.75, 3.05) is 0 Å². The molecule has 1 spiro atoms. The van der Waals surface area contributed by atoms with Crippen LogP contribution in [-0.4, -0.2) is 9.97 Å². The Hall–Kier alpha value is -6.38. The molecule has 8 aromatic rings. The maximum Gasteiger partial charge on any atom is 0.160 e. The third-order valence-electron chi connectivity index (χ3n) is 11.7. The Labute approximate surface area is 317 Å². The second kappa shape index (κ2) is 13.5. The molecule has 1 aromatic heterocycles. The van der Waals surface area contributed by atoms with E-state index in [1.54, 1.807) is 0 Å². The Kier molecular flexibility index (Phi) is 8.10. The summed E-state index contributed by atoms with van der Waals surface area (Å²) in [5.41, 5.74) is 18.2. The van der Waals surface area contributed by atoms with Gasteiger partial charge in [0, 0.05) is 22.1 Å². The quantitative estimate of drug-likeness (QED) is 0.173. The summed E-state index contributed by atoms with van der Waals surface area (Å²) in [6, 6.07) is 65.8. The molecular weight excluding hydrogens is 653 g/mol. The summed E-state index contributed by atoms with van der Waals surface area (Å²) >= 11 is 0. The van der Waals surface area contributed by atoms with Crippen molar-refractivity contribution in [2.24, 2.45) is 0 Å². The van der Waals surface area contributed by atoms with Crippen LogP contribution in [0.4, 0.5) is 0 Å². The molecule has 1 heterocycles. The van der Waals surface area contributed by atoms with E-state index in [2.05, 4.69) is 170 Å². The number of rotatable bonds is 6. The first-order valence-corrected chi connectivity index (χ1v) is 19.3. The van der Waals surface area contributed by atoms with Crippen molar-refractivity contribution in [2.45, 2.75) is 37.5 Å². The lowest BCUT2D eigenvalue weighted by atomic mass is 9.68. The molecule has 0 aliphatic heterocycles. The van der Waals surface area contributed by atoms with E-state index in [9.17, 15) is 0 Å². The number of hydrogen-bond acceptors (Lipinski definition) is 2. The predicted octanol–water partition coefficient (Wildman–Crippen LogP) is 13.7. The van der Waals surface area contributed by atoms with Gasteiger partial charge in [0.05, 0.1) is 11.4 Å². The maximum absolute atomic E-state index is 5.16.